The second-order valence-corrected chi connectivity index (χ2v) is 9.97. The number of aromatic nitrogens is 4. The van der Waals surface area contributed by atoms with Gasteiger partial charge in [-0.1, -0.05) is 23.7 Å². The highest BCUT2D eigenvalue weighted by molar-refractivity contribution is 6.29. The topological polar surface area (TPSA) is 110 Å². The summed E-state index contributed by atoms with van der Waals surface area (Å²) in [5.41, 5.74) is 8.37. The van der Waals surface area contributed by atoms with Crippen molar-refractivity contribution in [3.8, 4) is 17.1 Å². The molecule has 0 unspecified atom stereocenters. The van der Waals surface area contributed by atoms with Crippen molar-refractivity contribution >= 4 is 34.7 Å². The minimum Gasteiger partial charge on any atom is -0.465 e. The summed E-state index contributed by atoms with van der Waals surface area (Å²) < 4.78 is 1.88. The molecule has 0 radical (unpaired) electrons. The molecule has 0 saturated carbocycles. The van der Waals surface area contributed by atoms with E-state index in [1.165, 1.54) is 4.90 Å². The number of pyridine rings is 2. The van der Waals surface area contributed by atoms with E-state index in [2.05, 4.69) is 9.97 Å². The Morgan fingerprint density at radius 3 is 2.29 bits per heavy atom. The van der Waals surface area contributed by atoms with Gasteiger partial charge in [0.2, 0.25) is 0 Å². The summed E-state index contributed by atoms with van der Waals surface area (Å²) in [5, 5.41) is 10.3. The summed E-state index contributed by atoms with van der Waals surface area (Å²) in [6.07, 6.45) is 0.650. The first kappa shape index (κ1) is 23.5. The lowest BCUT2D eigenvalue weighted by atomic mass is 9.88. The normalized spacial score (nSPS) is 12.2. The highest BCUT2D eigenvalue weighted by atomic mass is 35.5. The van der Waals surface area contributed by atoms with Gasteiger partial charge in [-0.15, -0.1) is 0 Å². The van der Waals surface area contributed by atoms with Crippen LogP contribution in [0.15, 0.2) is 54.7 Å². The number of benzene rings is 1. The van der Waals surface area contributed by atoms with Gasteiger partial charge in [0, 0.05) is 17.4 Å². The van der Waals surface area contributed by atoms with E-state index >= 15 is 0 Å². The summed E-state index contributed by atoms with van der Waals surface area (Å²) in [6, 6.07) is 14.8. The number of halogens is 1. The second kappa shape index (κ2) is 8.29. The van der Waals surface area contributed by atoms with Crippen molar-refractivity contribution in [2.75, 3.05) is 5.73 Å². The molecule has 0 aliphatic heterocycles. The van der Waals surface area contributed by atoms with Crippen LogP contribution in [0.3, 0.4) is 0 Å². The maximum atomic E-state index is 12.1. The van der Waals surface area contributed by atoms with Crippen LogP contribution in [-0.4, -0.2) is 41.2 Å². The van der Waals surface area contributed by atoms with Gasteiger partial charge in [0.25, 0.3) is 0 Å². The van der Waals surface area contributed by atoms with Crippen molar-refractivity contribution in [1.82, 2.24) is 24.4 Å². The van der Waals surface area contributed by atoms with E-state index < -0.39 is 17.2 Å². The standard InChI is InChI=1S/C25H27ClN6O2/c1-24(2,3)32(23(33)34)25(4,5)15-8-10-16(11-9-15)31-21(17-7-6-14-28-20(17)27)29-18-12-13-19(26)30-22(18)31/h6-14H,1-5H3,(H2,27,28)(H,33,34). The highest BCUT2D eigenvalue weighted by Crippen LogP contribution is 2.36. The zero-order valence-corrected chi connectivity index (χ0v) is 20.5. The number of hydrogen-bond donors (Lipinski definition) is 2. The molecule has 3 heterocycles. The van der Waals surface area contributed by atoms with Gasteiger partial charge >= 0.3 is 6.09 Å². The molecule has 0 atom stereocenters. The van der Waals surface area contributed by atoms with Gasteiger partial charge in [0.1, 0.15) is 16.5 Å². The van der Waals surface area contributed by atoms with Crippen molar-refractivity contribution in [3.05, 3.63) is 65.4 Å². The van der Waals surface area contributed by atoms with Crippen LogP contribution in [-0.2, 0) is 5.54 Å². The Hall–Kier alpha value is -3.65. The van der Waals surface area contributed by atoms with E-state index in [-0.39, 0.29) is 0 Å². The number of hydrogen-bond acceptors (Lipinski definition) is 5. The molecule has 4 rings (SSSR count). The third kappa shape index (κ3) is 4.05. The van der Waals surface area contributed by atoms with Crippen LogP contribution in [0, 0.1) is 0 Å². The van der Waals surface area contributed by atoms with E-state index in [0.29, 0.717) is 33.5 Å². The van der Waals surface area contributed by atoms with Crippen LogP contribution >= 0.6 is 11.6 Å². The molecule has 0 aliphatic rings. The third-order valence-corrected chi connectivity index (χ3v) is 6.01. The fourth-order valence-corrected chi connectivity index (χ4v) is 4.62. The second-order valence-electron chi connectivity index (χ2n) is 9.58. The maximum absolute atomic E-state index is 12.1. The third-order valence-electron chi connectivity index (χ3n) is 5.80. The zero-order chi connectivity index (χ0) is 24.8. The Bertz CT molecular complexity index is 1370. The molecule has 34 heavy (non-hydrogen) atoms. The van der Waals surface area contributed by atoms with E-state index in [1.54, 1.807) is 18.3 Å². The average molecular weight is 479 g/mol. The molecule has 9 heteroatoms. The van der Waals surface area contributed by atoms with E-state index in [4.69, 9.17) is 22.3 Å². The van der Waals surface area contributed by atoms with Crippen molar-refractivity contribution in [3.63, 3.8) is 0 Å². The number of rotatable bonds is 4. The van der Waals surface area contributed by atoms with E-state index in [0.717, 1.165) is 11.3 Å². The molecule has 4 aromatic rings. The van der Waals surface area contributed by atoms with Gasteiger partial charge < -0.3 is 10.8 Å². The van der Waals surface area contributed by atoms with Crippen LogP contribution in [0.25, 0.3) is 28.2 Å². The first-order valence-electron chi connectivity index (χ1n) is 10.8. The minimum absolute atomic E-state index is 0.347. The van der Waals surface area contributed by atoms with Crippen LogP contribution in [0.5, 0.6) is 0 Å². The zero-order valence-electron chi connectivity index (χ0n) is 19.7. The Balaban J connectivity index is 1.88. The molecule has 3 N–H and O–H groups in total. The first-order chi connectivity index (χ1) is 15.9. The molecular weight excluding hydrogens is 452 g/mol. The fourth-order valence-electron chi connectivity index (χ4n) is 4.48. The number of carboxylic acid groups (broad SMARTS) is 1. The van der Waals surface area contributed by atoms with Gasteiger partial charge in [-0.2, -0.15) is 0 Å². The Morgan fingerprint density at radius 2 is 1.71 bits per heavy atom. The van der Waals surface area contributed by atoms with E-state index in [9.17, 15) is 9.90 Å². The lowest BCUT2D eigenvalue weighted by Crippen LogP contribution is -2.54. The Morgan fingerprint density at radius 1 is 1.03 bits per heavy atom. The fraction of sp³-hybridized carbons (Fsp3) is 0.280. The molecule has 0 spiro atoms. The van der Waals surface area contributed by atoms with Gasteiger partial charge in [0.15, 0.2) is 11.5 Å². The number of nitrogens with two attached hydrogens (primary N) is 1. The van der Waals surface area contributed by atoms with Gasteiger partial charge in [-0.25, -0.2) is 19.7 Å². The highest BCUT2D eigenvalue weighted by Gasteiger charge is 2.40. The van der Waals surface area contributed by atoms with Crippen molar-refractivity contribution < 1.29 is 9.90 Å². The Labute approximate surface area is 203 Å². The lowest BCUT2D eigenvalue weighted by Gasteiger charge is -2.45. The molecule has 0 saturated heterocycles. The van der Waals surface area contributed by atoms with Crippen molar-refractivity contribution in [1.29, 1.82) is 0 Å². The number of nitrogen functional groups attached to an aromatic ring is 1. The molecule has 3 aromatic heterocycles. The monoisotopic (exact) mass is 478 g/mol. The van der Waals surface area contributed by atoms with Crippen molar-refractivity contribution in [2.24, 2.45) is 0 Å². The predicted octanol–water partition coefficient (Wildman–Crippen LogP) is 5.73. The van der Waals surface area contributed by atoms with Gasteiger partial charge in [-0.05, 0) is 76.6 Å². The number of carbonyl (C=O) groups is 1. The minimum atomic E-state index is -0.977. The predicted molar refractivity (Wildman–Crippen MR) is 134 cm³/mol. The van der Waals surface area contributed by atoms with Crippen LogP contribution in [0.2, 0.25) is 5.15 Å². The molecule has 0 fully saturated rings. The molecule has 176 valence electrons. The Kier molecular flexibility index (Phi) is 5.73. The largest absolute Gasteiger partial charge is 0.465 e. The maximum Gasteiger partial charge on any atom is 0.408 e. The molecule has 0 bridgehead atoms. The molecule has 1 amide bonds. The van der Waals surface area contributed by atoms with Crippen LogP contribution in [0.4, 0.5) is 10.6 Å². The smallest absolute Gasteiger partial charge is 0.408 e. The number of anilines is 1. The van der Waals surface area contributed by atoms with E-state index in [1.807, 2.05) is 75.6 Å². The number of fused-ring (bicyclic) bond motifs is 1. The summed E-state index contributed by atoms with van der Waals surface area (Å²) in [7, 11) is 0. The molecule has 8 nitrogen and oxygen atoms in total. The number of nitrogens with zero attached hydrogens (tertiary/aromatic N) is 5. The molecule has 0 aliphatic carbocycles. The summed E-state index contributed by atoms with van der Waals surface area (Å²) in [4.78, 5) is 27.0. The van der Waals surface area contributed by atoms with Crippen LogP contribution < -0.4 is 5.73 Å². The lowest BCUT2D eigenvalue weighted by molar-refractivity contribution is 0.0314. The van der Waals surface area contributed by atoms with Crippen molar-refractivity contribution in [2.45, 2.75) is 45.7 Å². The SMILES string of the molecule is CC(C)(C)N(C(=O)O)C(C)(C)c1ccc(-n2c(-c3cccnc3N)nc3ccc(Cl)nc32)cc1. The van der Waals surface area contributed by atoms with Gasteiger partial charge in [0.05, 0.1) is 11.1 Å². The first-order valence-corrected chi connectivity index (χ1v) is 11.2. The number of imidazole rings is 1. The number of amides is 1. The molecule has 1 aromatic carbocycles. The molecular formula is C25H27ClN6O2. The summed E-state index contributed by atoms with van der Waals surface area (Å²) >= 11 is 6.21. The summed E-state index contributed by atoms with van der Waals surface area (Å²) in [6.45, 7) is 9.45. The quantitative estimate of drug-likeness (QED) is 0.362. The average Bonchev–Trinajstić information content (AvgIpc) is 3.10. The van der Waals surface area contributed by atoms with Gasteiger partial charge in [-0.3, -0.25) is 9.47 Å². The van der Waals surface area contributed by atoms with Crippen LogP contribution in [0.1, 0.15) is 40.2 Å². The summed E-state index contributed by atoms with van der Waals surface area (Å²) in [5.74, 6) is 0.939.